The van der Waals surface area contributed by atoms with E-state index < -0.39 is 15.7 Å². The van der Waals surface area contributed by atoms with Crippen molar-refractivity contribution in [2.45, 2.75) is 18.2 Å². The third kappa shape index (κ3) is 5.73. The van der Waals surface area contributed by atoms with Crippen LogP contribution in [0.2, 0.25) is 5.02 Å². The molecule has 5 nitrogen and oxygen atoms in total. The van der Waals surface area contributed by atoms with Gasteiger partial charge >= 0.3 is 0 Å². The first-order valence-electron chi connectivity index (χ1n) is 11.0. The molecular weight excluding hydrogens is 521 g/mol. The topological polar surface area (TPSA) is 80.3 Å². The fourth-order valence-corrected chi connectivity index (χ4v) is 5.76. The van der Waals surface area contributed by atoms with Crippen molar-refractivity contribution in [3.8, 4) is 11.1 Å². The lowest BCUT2D eigenvalue weighted by Crippen LogP contribution is -2.13. The van der Waals surface area contributed by atoms with Crippen LogP contribution in [-0.2, 0) is 21.1 Å². The molecular formula is C27H21ClFNO4S2. The van der Waals surface area contributed by atoms with E-state index in [-0.39, 0.29) is 28.8 Å². The van der Waals surface area contributed by atoms with Crippen molar-refractivity contribution in [2.75, 3.05) is 11.1 Å². The van der Waals surface area contributed by atoms with Gasteiger partial charge in [-0.2, -0.15) is 0 Å². The Morgan fingerprint density at radius 1 is 0.972 bits per heavy atom. The Hall–Kier alpha value is -3.33. The molecule has 0 radical (unpaired) electrons. The molecule has 0 aliphatic rings. The number of rotatable bonds is 8. The molecule has 4 aromatic rings. The minimum atomic E-state index is -3.32. The van der Waals surface area contributed by atoms with Crippen LogP contribution in [0.25, 0.3) is 11.1 Å². The van der Waals surface area contributed by atoms with Crippen LogP contribution in [0, 0.1) is 5.82 Å². The number of halogens is 2. The summed E-state index contributed by atoms with van der Waals surface area (Å²) in [6.45, 7) is 1.57. The van der Waals surface area contributed by atoms with E-state index in [1.165, 1.54) is 24.3 Å². The van der Waals surface area contributed by atoms with Crippen molar-refractivity contribution in [1.82, 2.24) is 0 Å². The molecule has 0 fully saturated rings. The molecule has 1 N–H and O–H groups in total. The second-order valence-corrected chi connectivity index (χ2v) is 11.7. The van der Waals surface area contributed by atoms with Gasteiger partial charge in [-0.25, -0.2) is 12.8 Å². The number of hydrogen-bond donors (Lipinski definition) is 1. The molecule has 0 bridgehead atoms. The maximum absolute atomic E-state index is 13.9. The Bertz CT molecular complexity index is 1550. The summed E-state index contributed by atoms with van der Waals surface area (Å²) in [5.41, 5.74) is 1.92. The van der Waals surface area contributed by atoms with Crippen molar-refractivity contribution in [2.24, 2.45) is 0 Å². The summed E-state index contributed by atoms with van der Waals surface area (Å²) >= 11 is 7.32. The quantitative estimate of drug-likeness (QED) is 0.261. The van der Waals surface area contributed by atoms with E-state index in [9.17, 15) is 22.4 Å². The predicted octanol–water partition coefficient (Wildman–Crippen LogP) is 6.41. The van der Waals surface area contributed by atoms with Crippen LogP contribution in [-0.4, -0.2) is 25.9 Å². The summed E-state index contributed by atoms with van der Waals surface area (Å²) in [5.74, 6) is -1.13. The number of carbonyl (C=O) groups excluding carboxylic acids is 2. The third-order valence-corrected chi connectivity index (χ3v) is 8.61. The van der Waals surface area contributed by atoms with Crippen molar-refractivity contribution in [3.05, 3.63) is 106 Å². The van der Waals surface area contributed by atoms with Gasteiger partial charge in [-0.15, -0.1) is 11.3 Å². The lowest BCUT2D eigenvalue weighted by molar-refractivity contribution is -0.115. The number of ketones is 1. The molecule has 0 aliphatic heterocycles. The zero-order valence-electron chi connectivity index (χ0n) is 19.1. The molecule has 1 heterocycles. The van der Waals surface area contributed by atoms with Crippen molar-refractivity contribution < 1.29 is 22.4 Å². The number of carbonyl (C=O) groups is 2. The van der Waals surface area contributed by atoms with Gasteiger partial charge < -0.3 is 5.32 Å². The summed E-state index contributed by atoms with van der Waals surface area (Å²) in [6.07, 6.45) is 0.00739. The number of sulfone groups is 1. The SMILES string of the molecule is CCS(=O)(=O)c1ccc(CC(=O)Nc2cc(-c3cccc(F)c3)c(C(=O)c3ccccc3Cl)s2)cc1. The van der Waals surface area contributed by atoms with E-state index in [4.69, 9.17) is 11.6 Å². The minimum absolute atomic E-state index is 0.00585. The standard InChI is InChI=1S/C27H21ClFNO4S2/c1-2-36(33,34)20-12-10-17(11-13-20)14-24(31)30-25-16-22(18-6-5-7-19(29)15-18)27(35-25)26(32)21-8-3-4-9-23(21)28/h3-13,15-16H,2,14H2,1H3,(H,30,31). The zero-order chi connectivity index (χ0) is 25.9. The fraction of sp³-hybridized carbons (Fsp3) is 0.111. The molecule has 0 unspecified atom stereocenters. The first-order valence-corrected chi connectivity index (χ1v) is 13.8. The van der Waals surface area contributed by atoms with Gasteiger partial charge in [-0.1, -0.05) is 54.9 Å². The van der Waals surface area contributed by atoms with E-state index >= 15 is 0 Å². The minimum Gasteiger partial charge on any atom is -0.317 e. The monoisotopic (exact) mass is 541 g/mol. The van der Waals surface area contributed by atoms with Crippen molar-refractivity contribution in [3.63, 3.8) is 0 Å². The van der Waals surface area contributed by atoms with Gasteiger partial charge in [-0.3, -0.25) is 9.59 Å². The van der Waals surface area contributed by atoms with Gasteiger partial charge in [-0.05, 0) is 53.6 Å². The second kappa shape index (κ2) is 10.7. The highest BCUT2D eigenvalue weighted by Crippen LogP contribution is 2.37. The lowest BCUT2D eigenvalue weighted by atomic mass is 10.0. The lowest BCUT2D eigenvalue weighted by Gasteiger charge is -2.05. The summed E-state index contributed by atoms with van der Waals surface area (Å²) in [4.78, 5) is 26.6. The molecule has 3 aromatic carbocycles. The Labute approximate surface area is 217 Å². The molecule has 9 heteroatoms. The Morgan fingerprint density at radius 3 is 2.36 bits per heavy atom. The Kier molecular flexibility index (Phi) is 7.68. The molecule has 1 aromatic heterocycles. The fourth-order valence-electron chi connectivity index (χ4n) is 3.61. The van der Waals surface area contributed by atoms with Gasteiger partial charge in [0.15, 0.2) is 9.84 Å². The maximum Gasteiger partial charge on any atom is 0.229 e. The van der Waals surface area contributed by atoms with Gasteiger partial charge in [0.2, 0.25) is 11.7 Å². The largest absolute Gasteiger partial charge is 0.317 e. The molecule has 0 spiro atoms. The molecule has 0 aliphatic carbocycles. The first-order chi connectivity index (χ1) is 17.2. The second-order valence-electron chi connectivity index (χ2n) is 7.95. The normalized spacial score (nSPS) is 11.3. The van der Waals surface area contributed by atoms with E-state index in [1.54, 1.807) is 61.5 Å². The Morgan fingerprint density at radius 2 is 1.69 bits per heavy atom. The van der Waals surface area contributed by atoms with Gasteiger partial charge in [0, 0.05) is 11.1 Å². The molecule has 0 atom stereocenters. The summed E-state index contributed by atoms with van der Waals surface area (Å²) < 4.78 is 37.9. The van der Waals surface area contributed by atoms with Crippen LogP contribution >= 0.6 is 22.9 Å². The highest BCUT2D eigenvalue weighted by Gasteiger charge is 2.22. The number of thiophene rings is 1. The van der Waals surface area contributed by atoms with E-state index in [1.807, 2.05) is 0 Å². The maximum atomic E-state index is 13.9. The Balaban J connectivity index is 1.61. The third-order valence-electron chi connectivity index (χ3n) is 5.48. The zero-order valence-corrected chi connectivity index (χ0v) is 21.5. The highest BCUT2D eigenvalue weighted by atomic mass is 35.5. The molecule has 36 heavy (non-hydrogen) atoms. The van der Waals surface area contributed by atoms with Gasteiger partial charge in [0.25, 0.3) is 0 Å². The van der Waals surface area contributed by atoms with Crippen LogP contribution in [0.4, 0.5) is 9.39 Å². The van der Waals surface area contributed by atoms with Crippen LogP contribution in [0.5, 0.6) is 0 Å². The first kappa shape index (κ1) is 25.8. The highest BCUT2D eigenvalue weighted by molar-refractivity contribution is 7.91. The van der Waals surface area contributed by atoms with Crippen LogP contribution in [0.15, 0.2) is 83.8 Å². The summed E-state index contributed by atoms with van der Waals surface area (Å²) in [6, 6.07) is 20.3. The average molecular weight is 542 g/mol. The molecule has 0 saturated heterocycles. The van der Waals surface area contributed by atoms with Crippen LogP contribution in [0.3, 0.4) is 0 Å². The van der Waals surface area contributed by atoms with E-state index in [0.29, 0.717) is 37.2 Å². The summed E-state index contributed by atoms with van der Waals surface area (Å²) in [7, 11) is -3.32. The number of benzene rings is 3. The van der Waals surface area contributed by atoms with Gasteiger partial charge in [0.05, 0.1) is 32.0 Å². The number of amides is 1. The summed E-state index contributed by atoms with van der Waals surface area (Å²) in [5, 5.41) is 3.50. The molecule has 0 saturated carbocycles. The number of nitrogens with one attached hydrogen (secondary N) is 1. The average Bonchev–Trinajstić information content (AvgIpc) is 3.28. The molecule has 4 rings (SSSR count). The van der Waals surface area contributed by atoms with E-state index in [2.05, 4.69) is 5.32 Å². The number of anilines is 1. The number of hydrogen-bond acceptors (Lipinski definition) is 5. The van der Waals surface area contributed by atoms with E-state index in [0.717, 1.165) is 11.3 Å². The van der Waals surface area contributed by atoms with Crippen molar-refractivity contribution >= 4 is 49.5 Å². The smallest absolute Gasteiger partial charge is 0.229 e. The molecule has 1 amide bonds. The van der Waals surface area contributed by atoms with Crippen LogP contribution in [0.1, 0.15) is 27.7 Å². The predicted molar refractivity (Wildman–Crippen MR) is 141 cm³/mol. The van der Waals surface area contributed by atoms with Gasteiger partial charge in [0.1, 0.15) is 5.82 Å². The molecule has 184 valence electrons. The van der Waals surface area contributed by atoms with Crippen LogP contribution < -0.4 is 5.32 Å². The van der Waals surface area contributed by atoms with Crippen molar-refractivity contribution in [1.29, 1.82) is 0 Å².